The fourth-order valence-corrected chi connectivity index (χ4v) is 5.04. The van der Waals surface area contributed by atoms with Crippen molar-refractivity contribution in [2.45, 2.75) is 64.2 Å². The summed E-state index contributed by atoms with van der Waals surface area (Å²) >= 11 is 5.76. The molecule has 0 heterocycles. The minimum absolute atomic E-state index is 0.0206. The zero-order chi connectivity index (χ0) is 19.2. The average molecular weight is 393 g/mol. The molecule has 2 saturated carbocycles. The van der Waals surface area contributed by atoms with Gasteiger partial charge in [-0.05, 0) is 81.3 Å². The third kappa shape index (κ3) is 5.57. The minimum Gasteiger partial charge on any atom is -0.426 e. The van der Waals surface area contributed by atoms with Crippen LogP contribution in [-0.4, -0.2) is 5.97 Å². The van der Waals surface area contributed by atoms with Gasteiger partial charge in [-0.15, -0.1) is 6.58 Å². The van der Waals surface area contributed by atoms with Crippen molar-refractivity contribution < 1.29 is 13.9 Å². The average Bonchev–Trinajstić information content (AvgIpc) is 2.70. The van der Waals surface area contributed by atoms with Gasteiger partial charge in [0.1, 0.15) is 11.6 Å². The Bertz CT molecular complexity index is 644. The molecule has 0 aliphatic heterocycles. The lowest BCUT2D eigenvalue weighted by Crippen LogP contribution is -2.30. The zero-order valence-electron chi connectivity index (χ0n) is 16.0. The molecule has 27 heavy (non-hydrogen) atoms. The van der Waals surface area contributed by atoms with E-state index in [9.17, 15) is 9.18 Å². The van der Waals surface area contributed by atoms with E-state index in [-0.39, 0.29) is 16.9 Å². The summed E-state index contributed by atoms with van der Waals surface area (Å²) < 4.78 is 18.6. The molecule has 1 aromatic carbocycles. The molecule has 0 saturated heterocycles. The van der Waals surface area contributed by atoms with Crippen LogP contribution in [0.4, 0.5) is 4.39 Å². The van der Waals surface area contributed by atoms with E-state index in [2.05, 4.69) is 6.58 Å². The lowest BCUT2D eigenvalue weighted by molar-refractivity contribution is -0.140. The molecule has 2 aliphatic carbocycles. The molecule has 1 aromatic rings. The van der Waals surface area contributed by atoms with E-state index in [4.69, 9.17) is 16.3 Å². The first-order chi connectivity index (χ1) is 13.1. The van der Waals surface area contributed by atoms with Crippen LogP contribution in [-0.2, 0) is 4.79 Å². The molecule has 2 nitrogen and oxygen atoms in total. The molecule has 2 aliphatic rings. The quantitative estimate of drug-likeness (QED) is 0.297. The molecule has 0 amide bonds. The Morgan fingerprint density at radius 3 is 2.33 bits per heavy atom. The second-order valence-corrected chi connectivity index (χ2v) is 8.66. The molecule has 0 unspecified atom stereocenters. The summed E-state index contributed by atoms with van der Waals surface area (Å²) in [5.74, 6) is 2.04. The van der Waals surface area contributed by atoms with E-state index in [1.54, 1.807) is 0 Å². The van der Waals surface area contributed by atoms with Crippen LogP contribution in [0.1, 0.15) is 64.2 Å². The maximum Gasteiger partial charge on any atom is 0.314 e. The lowest BCUT2D eigenvalue weighted by atomic mass is 9.69. The topological polar surface area (TPSA) is 26.3 Å². The summed E-state index contributed by atoms with van der Waals surface area (Å²) in [7, 11) is 0. The third-order valence-corrected chi connectivity index (χ3v) is 6.84. The van der Waals surface area contributed by atoms with Crippen LogP contribution in [0.25, 0.3) is 0 Å². The smallest absolute Gasteiger partial charge is 0.314 e. The van der Waals surface area contributed by atoms with Crippen molar-refractivity contribution in [3.63, 3.8) is 0 Å². The first-order valence-corrected chi connectivity index (χ1v) is 10.7. The van der Waals surface area contributed by atoms with Crippen molar-refractivity contribution in [2.24, 2.45) is 23.7 Å². The van der Waals surface area contributed by atoms with E-state index in [0.717, 1.165) is 49.9 Å². The molecule has 0 bridgehead atoms. The highest BCUT2D eigenvalue weighted by Gasteiger charge is 2.33. The van der Waals surface area contributed by atoms with Gasteiger partial charge in [0, 0.05) is 6.07 Å². The number of allylic oxidation sites excluding steroid dienone is 1. The summed E-state index contributed by atoms with van der Waals surface area (Å²) in [5.41, 5.74) is 0. The second-order valence-electron chi connectivity index (χ2n) is 8.26. The number of halogens is 2. The van der Waals surface area contributed by atoms with Crippen molar-refractivity contribution in [3.8, 4) is 5.75 Å². The van der Waals surface area contributed by atoms with E-state index >= 15 is 0 Å². The largest absolute Gasteiger partial charge is 0.426 e. The van der Waals surface area contributed by atoms with Crippen molar-refractivity contribution in [3.05, 3.63) is 41.7 Å². The van der Waals surface area contributed by atoms with Crippen LogP contribution >= 0.6 is 11.6 Å². The monoisotopic (exact) mass is 392 g/mol. The van der Waals surface area contributed by atoms with Crippen molar-refractivity contribution in [2.75, 3.05) is 0 Å². The standard InChI is InChI=1S/C23H30ClFO2/c1-2-3-4-16-5-7-17(8-6-16)18-9-11-19(12-10-18)23(26)27-20-13-14-22(25)21(24)15-20/h2,13-19H,1,3-12H2/t16-,17-,18?,19?. The summed E-state index contributed by atoms with van der Waals surface area (Å²) in [6.45, 7) is 3.83. The minimum atomic E-state index is -0.504. The predicted molar refractivity (Wildman–Crippen MR) is 107 cm³/mol. The summed E-state index contributed by atoms with van der Waals surface area (Å²) in [6.07, 6.45) is 13.9. The summed E-state index contributed by atoms with van der Waals surface area (Å²) in [5, 5.41) is -0.0206. The molecule has 0 atom stereocenters. The molecule has 2 fully saturated rings. The van der Waals surface area contributed by atoms with Gasteiger partial charge in [-0.1, -0.05) is 30.5 Å². The van der Waals surface area contributed by atoms with Gasteiger partial charge in [0.2, 0.25) is 0 Å². The second kappa shape index (κ2) is 9.73. The van der Waals surface area contributed by atoms with E-state index in [1.807, 2.05) is 6.08 Å². The molecule has 148 valence electrons. The Kier molecular flexibility index (Phi) is 7.34. The molecule has 4 heteroatoms. The highest BCUT2D eigenvalue weighted by molar-refractivity contribution is 6.30. The summed E-state index contributed by atoms with van der Waals surface area (Å²) in [6, 6.07) is 4.05. The van der Waals surface area contributed by atoms with Crippen LogP contribution in [0, 0.1) is 29.5 Å². The van der Waals surface area contributed by atoms with Gasteiger partial charge in [-0.25, -0.2) is 4.39 Å². The van der Waals surface area contributed by atoms with Crippen molar-refractivity contribution in [1.82, 2.24) is 0 Å². The van der Waals surface area contributed by atoms with Gasteiger partial charge in [0.15, 0.2) is 0 Å². The Morgan fingerprint density at radius 2 is 1.74 bits per heavy atom. The van der Waals surface area contributed by atoms with Gasteiger partial charge < -0.3 is 4.74 Å². The number of benzene rings is 1. The summed E-state index contributed by atoms with van der Waals surface area (Å²) in [4.78, 5) is 12.4. The van der Waals surface area contributed by atoms with Gasteiger partial charge >= 0.3 is 5.97 Å². The van der Waals surface area contributed by atoms with E-state index < -0.39 is 5.82 Å². The molecular weight excluding hydrogens is 363 g/mol. The number of carbonyl (C=O) groups excluding carboxylic acids is 1. The molecule has 0 spiro atoms. The Hall–Kier alpha value is -1.35. The number of hydrogen-bond acceptors (Lipinski definition) is 2. The van der Waals surface area contributed by atoms with E-state index in [1.165, 1.54) is 50.3 Å². The van der Waals surface area contributed by atoms with E-state index in [0.29, 0.717) is 5.75 Å². The number of carbonyl (C=O) groups is 1. The maximum absolute atomic E-state index is 13.2. The van der Waals surface area contributed by atoms with Crippen LogP contribution < -0.4 is 4.74 Å². The highest BCUT2D eigenvalue weighted by atomic mass is 35.5. The third-order valence-electron chi connectivity index (χ3n) is 6.55. The maximum atomic E-state index is 13.2. The van der Waals surface area contributed by atoms with Crippen LogP contribution in [0.2, 0.25) is 5.02 Å². The van der Waals surface area contributed by atoms with Crippen LogP contribution in [0.15, 0.2) is 30.9 Å². The van der Waals surface area contributed by atoms with Crippen LogP contribution in [0.5, 0.6) is 5.75 Å². The Morgan fingerprint density at radius 1 is 1.11 bits per heavy atom. The Labute approximate surface area is 167 Å². The lowest BCUT2D eigenvalue weighted by Gasteiger charge is -2.37. The predicted octanol–water partition coefficient (Wildman–Crippen LogP) is 6.96. The first kappa shape index (κ1) is 20.4. The van der Waals surface area contributed by atoms with Gasteiger partial charge in [0.25, 0.3) is 0 Å². The highest BCUT2D eigenvalue weighted by Crippen LogP contribution is 2.42. The van der Waals surface area contributed by atoms with Crippen LogP contribution in [0.3, 0.4) is 0 Å². The number of rotatable bonds is 6. The zero-order valence-corrected chi connectivity index (χ0v) is 16.7. The number of hydrogen-bond donors (Lipinski definition) is 0. The normalized spacial score (nSPS) is 28.5. The number of esters is 1. The first-order valence-electron chi connectivity index (χ1n) is 10.3. The Balaban J connectivity index is 1.42. The molecular formula is C23H30ClFO2. The van der Waals surface area contributed by atoms with Crippen molar-refractivity contribution in [1.29, 1.82) is 0 Å². The molecule has 0 radical (unpaired) electrons. The van der Waals surface area contributed by atoms with Gasteiger partial charge in [0.05, 0.1) is 10.9 Å². The fourth-order valence-electron chi connectivity index (χ4n) is 4.87. The van der Waals surface area contributed by atoms with Gasteiger partial charge in [-0.2, -0.15) is 0 Å². The fraction of sp³-hybridized carbons (Fsp3) is 0.609. The van der Waals surface area contributed by atoms with Gasteiger partial charge in [-0.3, -0.25) is 4.79 Å². The van der Waals surface area contributed by atoms with Crippen molar-refractivity contribution >= 4 is 17.6 Å². The molecule has 3 rings (SSSR count). The molecule has 0 N–H and O–H groups in total. The number of ether oxygens (including phenoxy) is 1. The molecule has 0 aromatic heterocycles. The SMILES string of the molecule is C=CCC[C@H]1CC[C@H](C2CCC(C(=O)Oc3ccc(F)c(Cl)c3)CC2)CC1.